The highest BCUT2D eigenvalue weighted by atomic mass is 15.1. The van der Waals surface area contributed by atoms with E-state index in [0.29, 0.717) is 0 Å². The second kappa shape index (κ2) is 16.5. The van der Waals surface area contributed by atoms with Gasteiger partial charge in [-0.05, 0) is 132 Å². The molecule has 0 spiro atoms. The SMILES string of the molecule is CCCCCCC1(CCCCCC)c2cc(N(c3ccccc3)c3ccc(N)cc3)ccc2-c2ccc(N(c3ccccc3)c3ccc(N)cc3)cc21. The quantitative estimate of drug-likeness (QED) is 0.0780. The zero-order valence-corrected chi connectivity index (χ0v) is 31.5. The fourth-order valence-corrected chi connectivity index (χ4v) is 8.42. The highest BCUT2D eigenvalue weighted by molar-refractivity contribution is 5.88. The van der Waals surface area contributed by atoms with Gasteiger partial charge in [0.15, 0.2) is 0 Å². The fraction of sp³-hybridized carbons (Fsp3) is 0.265. The fourth-order valence-electron chi connectivity index (χ4n) is 8.42. The lowest BCUT2D eigenvalue weighted by atomic mass is 9.70. The topological polar surface area (TPSA) is 58.5 Å². The van der Waals surface area contributed by atoms with Crippen LogP contribution in [0.3, 0.4) is 0 Å². The van der Waals surface area contributed by atoms with Gasteiger partial charge in [0.1, 0.15) is 0 Å². The van der Waals surface area contributed by atoms with Gasteiger partial charge in [0.25, 0.3) is 0 Å². The molecule has 0 amide bonds. The van der Waals surface area contributed by atoms with Crippen molar-refractivity contribution in [3.05, 3.63) is 157 Å². The molecule has 6 aromatic rings. The first-order chi connectivity index (χ1) is 26.0. The van der Waals surface area contributed by atoms with Crippen LogP contribution in [0.5, 0.6) is 0 Å². The zero-order chi connectivity index (χ0) is 36.6. The van der Waals surface area contributed by atoms with E-state index in [9.17, 15) is 0 Å². The highest BCUT2D eigenvalue weighted by Crippen LogP contribution is 2.57. The van der Waals surface area contributed by atoms with Crippen molar-refractivity contribution in [2.75, 3.05) is 21.3 Å². The third-order valence-electron chi connectivity index (χ3n) is 11.1. The Bertz CT molecular complexity index is 1920. The molecule has 4 nitrogen and oxygen atoms in total. The molecular formula is C49H54N4. The lowest BCUT2D eigenvalue weighted by molar-refractivity contribution is 0.401. The third-order valence-corrected chi connectivity index (χ3v) is 11.1. The molecule has 270 valence electrons. The number of nitrogen functional groups attached to an aromatic ring is 2. The number of fused-ring (bicyclic) bond motifs is 3. The summed E-state index contributed by atoms with van der Waals surface area (Å²) in [7, 11) is 0. The molecule has 0 aromatic heterocycles. The first-order valence-electron chi connectivity index (χ1n) is 19.7. The molecule has 0 fully saturated rings. The molecule has 0 heterocycles. The number of nitrogens with two attached hydrogens (primary N) is 2. The molecule has 4 heteroatoms. The van der Waals surface area contributed by atoms with Crippen LogP contribution in [0, 0.1) is 0 Å². The Morgan fingerprint density at radius 1 is 0.396 bits per heavy atom. The summed E-state index contributed by atoms with van der Waals surface area (Å²) in [6.07, 6.45) is 12.2. The summed E-state index contributed by atoms with van der Waals surface area (Å²) in [5.41, 5.74) is 26.3. The Labute approximate surface area is 317 Å². The standard InChI is InChI=1S/C49H54N4/c1-3-5-7-15-33-49(34-16-8-6-4-2)47-35-43(52(39-17-11-9-12-18-39)41-25-21-37(50)22-26-41)29-31-45(47)46-32-30-44(36-48(46)49)53(40-19-13-10-14-20-40)42-27-23-38(51)24-28-42/h9-14,17-32,35-36H,3-8,15-16,33-34,50-51H2,1-2H3. The van der Waals surface area contributed by atoms with Crippen LogP contribution in [0.25, 0.3) is 11.1 Å². The molecule has 0 aliphatic heterocycles. The van der Waals surface area contributed by atoms with Crippen LogP contribution in [-0.2, 0) is 5.41 Å². The summed E-state index contributed by atoms with van der Waals surface area (Å²) >= 11 is 0. The van der Waals surface area contributed by atoms with Gasteiger partial charge < -0.3 is 21.3 Å². The van der Waals surface area contributed by atoms with E-state index in [1.165, 1.54) is 85.0 Å². The molecule has 1 aliphatic carbocycles. The monoisotopic (exact) mass is 698 g/mol. The van der Waals surface area contributed by atoms with Crippen molar-refractivity contribution >= 4 is 45.5 Å². The number of para-hydroxylation sites is 2. The maximum atomic E-state index is 6.18. The minimum atomic E-state index is -0.106. The maximum Gasteiger partial charge on any atom is 0.0465 e. The summed E-state index contributed by atoms with van der Waals surface area (Å²) in [4.78, 5) is 4.76. The van der Waals surface area contributed by atoms with Crippen LogP contribution >= 0.6 is 0 Å². The van der Waals surface area contributed by atoms with Crippen LogP contribution in [0.15, 0.2) is 146 Å². The van der Waals surface area contributed by atoms with Crippen LogP contribution in [0.4, 0.5) is 45.5 Å². The summed E-state index contributed by atoms with van der Waals surface area (Å²) < 4.78 is 0. The number of hydrogen-bond acceptors (Lipinski definition) is 4. The first kappa shape index (κ1) is 35.9. The number of unbranched alkanes of at least 4 members (excludes halogenated alkanes) is 6. The number of rotatable bonds is 16. The van der Waals surface area contributed by atoms with Crippen molar-refractivity contribution in [3.8, 4) is 11.1 Å². The number of hydrogen-bond donors (Lipinski definition) is 2. The summed E-state index contributed by atoms with van der Waals surface area (Å²) in [5.74, 6) is 0. The summed E-state index contributed by atoms with van der Waals surface area (Å²) in [5, 5.41) is 0. The second-order valence-electron chi connectivity index (χ2n) is 14.7. The lowest BCUT2D eigenvalue weighted by Gasteiger charge is -2.35. The van der Waals surface area contributed by atoms with Gasteiger partial charge in [-0.1, -0.05) is 114 Å². The molecule has 0 bridgehead atoms. The molecule has 4 N–H and O–H groups in total. The van der Waals surface area contributed by atoms with E-state index in [0.717, 1.165) is 47.0 Å². The smallest absolute Gasteiger partial charge is 0.0465 e. The van der Waals surface area contributed by atoms with Gasteiger partial charge in [0, 0.05) is 50.9 Å². The van der Waals surface area contributed by atoms with Crippen LogP contribution in [-0.4, -0.2) is 0 Å². The highest BCUT2D eigenvalue weighted by Gasteiger charge is 2.43. The number of benzene rings is 6. The Morgan fingerprint density at radius 3 is 1.13 bits per heavy atom. The van der Waals surface area contributed by atoms with Gasteiger partial charge in [-0.3, -0.25) is 0 Å². The van der Waals surface area contributed by atoms with E-state index in [1.807, 2.05) is 24.3 Å². The van der Waals surface area contributed by atoms with Gasteiger partial charge in [-0.15, -0.1) is 0 Å². The average Bonchev–Trinajstić information content (AvgIpc) is 3.46. The van der Waals surface area contributed by atoms with E-state index in [-0.39, 0.29) is 5.41 Å². The molecule has 0 atom stereocenters. The molecule has 53 heavy (non-hydrogen) atoms. The van der Waals surface area contributed by atoms with Gasteiger partial charge >= 0.3 is 0 Å². The predicted octanol–water partition coefficient (Wildman–Crippen LogP) is 14.0. The van der Waals surface area contributed by atoms with Gasteiger partial charge in [-0.2, -0.15) is 0 Å². The Hall–Kier alpha value is -5.48. The van der Waals surface area contributed by atoms with Crippen molar-refractivity contribution < 1.29 is 0 Å². The minimum absolute atomic E-state index is 0.106. The van der Waals surface area contributed by atoms with E-state index >= 15 is 0 Å². The molecule has 0 saturated heterocycles. The maximum absolute atomic E-state index is 6.18. The second-order valence-corrected chi connectivity index (χ2v) is 14.7. The van der Waals surface area contributed by atoms with E-state index in [4.69, 9.17) is 11.5 Å². The number of anilines is 8. The average molecular weight is 699 g/mol. The molecule has 7 rings (SSSR count). The lowest BCUT2D eigenvalue weighted by Crippen LogP contribution is -2.26. The van der Waals surface area contributed by atoms with Crippen molar-refractivity contribution in [2.24, 2.45) is 0 Å². The Kier molecular flexibility index (Phi) is 11.2. The van der Waals surface area contributed by atoms with Gasteiger partial charge in [0.05, 0.1) is 0 Å². The van der Waals surface area contributed by atoms with Crippen molar-refractivity contribution in [1.82, 2.24) is 0 Å². The molecule has 0 radical (unpaired) electrons. The van der Waals surface area contributed by atoms with Crippen molar-refractivity contribution in [3.63, 3.8) is 0 Å². The van der Waals surface area contributed by atoms with Crippen molar-refractivity contribution in [2.45, 2.75) is 83.5 Å². The van der Waals surface area contributed by atoms with Crippen LogP contribution in [0.2, 0.25) is 0 Å². The van der Waals surface area contributed by atoms with E-state index in [1.54, 1.807) is 0 Å². The third kappa shape index (κ3) is 7.55. The largest absolute Gasteiger partial charge is 0.399 e. The van der Waals surface area contributed by atoms with Gasteiger partial charge in [0.2, 0.25) is 0 Å². The molecule has 1 aliphatic rings. The zero-order valence-electron chi connectivity index (χ0n) is 31.5. The first-order valence-corrected chi connectivity index (χ1v) is 19.7. The van der Waals surface area contributed by atoms with Crippen LogP contribution < -0.4 is 21.3 Å². The number of nitrogens with zero attached hydrogens (tertiary/aromatic N) is 2. The Morgan fingerprint density at radius 2 is 0.755 bits per heavy atom. The molecule has 6 aromatic carbocycles. The molecule has 0 unspecified atom stereocenters. The summed E-state index contributed by atoms with van der Waals surface area (Å²) in [6.45, 7) is 4.62. The van der Waals surface area contributed by atoms with E-state index < -0.39 is 0 Å². The van der Waals surface area contributed by atoms with Crippen LogP contribution in [0.1, 0.15) is 89.2 Å². The Balaban J connectivity index is 1.42. The normalized spacial score (nSPS) is 12.6. The summed E-state index contributed by atoms with van der Waals surface area (Å²) in [6, 6.07) is 52.4. The minimum Gasteiger partial charge on any atom is -0.399 e. The molecule has 0 saturated carbocycles. The van der Waals surface area contributed by atoms with Crippen molar-refractivity contribution in [1.29, 1.82) is 0 Å². The molecular weight excluding hydrogens is 645 g/mol. The van der Waals surface area contributed by atoms with E-state index in [2.05, 4.69) is 145 Å². The predicted molar refractivity (Wildman–Crippen MR) is 228 cm³/mol. The van der Waals surface area contributed by atoms with Gasteiger partial charge in [-0.25, -0.2) is 0 Å².